The van der Waals surface area contributed by atoms with Gasteiger partial charge in [0.1, 0.15) is 31.3 Å². The third-order valence-electron chi connectivity index (χ3n) is 4.92. The summed E-state index contributed by atoms with van der Waals surface area (Å²) in [5.41, 5.74) is 2.13. The van der Waals surface area contributed by atoms with E-state index in [0.29, 0.717) is 13.1 Å². The van der Waals surface area contributed by atoms with Gasteiger partial charge in [0, 0.05) is 38.2 Å². The van der Waals surface area contributed by atoms with Gasteiger partial charge in [0.25, 0.3) is 0 Å². The minimum absolute atomic E-state index is 0.0464. The van der Waals surface area contributed by atoms with Gasteiger partial charge in [-0.25, -0.2) is 19.6 Å². The highest BCUT2D eigenvalue weighted by atomic mass is 16.5. The fraction of sp³-hybridized carbons (Fsp3) is 0.588. The highest BCUT2D eigenvalue weighted by molar-refractivity contribution is 5.76. The second-order valence-electron chi connectivity index (χ2n) is 6.64. The summed E-state index contributed by atoms with van der Waals surface area (Å²) in [6.07, 6.45) is 8.54. The molecule has 4 rings (SSSR count). The standard InChI is InChI=1S/C17H23N7O2/c25-16(9-24-12-18-10-22-24)23-5-3-14-15(4-6-23)20-11-21-17(14)19-8-13-2-1-7-26-13/h10-13H,1-9H2,(H,19,20,21). The van der Waals surface area contributed by atoms with Crippen LogP contribution in [0.5, 0.6) is 0 Å². The van der Waals surface area contributed by atoms with Crippen molar-refractivity contribution in [3.05, 3.63) is 30.2 Å². The van der Waals surface area contributed by atoms with Crippen molar-refractivity contribution < 1.29 is 9.53 Å². The molecule has 0 radical (unpaired) electrons. The number of carbonyl (C=O) groups is 1. The Morgan fingerprint density at radius 1 is 1.27 bits per heavy atom. The van der Waals surface area contributed by atoms with Crippen LogP contribution in [0.25, 0.3) is 0 Å². The lowest BCUT2D eigenvalue weighted by atomic mass is 10.1. The van der Waals surface area contributed by atoms with Gasteiger partial charge in [-0.05, 0) is 19.3 Å². The Morgan fingerprint density at radius 2 is 2.19 bits per heavy atom. The summed E-state index contributed by atoms with van der Waals surface area (Å²) in [4.78, 5) is 27.1. The topological polar surface area (TPSA) is 98.1 Å². The molecule has 0 aliphatic carbocycles. The van der Waals surface area contributed by atoms with E-state index in [0.717, 1.165) is 55.9 Å². The predicted octanol–water partition coefficient (Wildman–Crippen LogP) is 0.286. The van der Waals surface area contributed by atoms with Crippen LogP contribution < -0.4 is 5.32 Å². The maximum atomic E-state index is 12.5. The van der Waals surface area contributed by atoms with Crippen molar-refractivity contribution in [2.75, 3.05) is 31.6 Å². The quantitative estimate of drug-likeness (QED) is 0.821. The first-order valence-corrected chi connectivity index (χ1v) is 9.08. The third-order valence-corrected chi connectivity index (χ3v) is 4.92. The molecule has 4 heterocycles. The van der Waals surface area contributed by atoms with Crippen LogP contribution in [0.15, 0.2) is 19.0 Å². The number of carbonyl (C=O) groups excluding carboxylic acids is 1. The van der Waals surface area contributed by atoms with Crippen molar-refractivity contribution in [3.8, 4) is 0 Å². The maximum Gasteiger partial charge on any atom is 0.244 e. The number of nitrogens with one attached hydrogen (secondary N) is 1. The molecule has 1 saturated heterocycles. The van der Waals surface area contributed by atoms with E-state index in [1.54, 1.807) is 17.3 Å². The Kier molecular flexibility index (Phi) is 5.05. The number of fused-ring (bicyclic) bond motifs is 1. The van der Waals surface area contributed by atoms with Crippen LogP contribution in [0, 0.1) is 0 Å². The number of hydrogen-bond donors (Lipinski definition) is 1. The molecule has 9 heteroatoms. The zero-order valence-electron chi connectivity index (χ0n) is 14.7. The molecule has 138 valence electrons. The van der Waals surface area contributed by atoms with Gasteiger partial charge in [0.2, 0.25) is 5.91 Å². The van der Waals surface area contributed by atoms with Crippen LogP contribution in [-0.4, -0.2) is 67.9 Å². The summed E-state index contributed by atoms with van der Waals surface area (Å²) < 4.78 is 7.22. The molecule has 1 amide bonds. The molecule has 1 atom stereocenters. The number of aromatic nitrogens is 5. The van der Waals surface area contributed by atoms with Crippen molar-refractivity contribution in [1.29, 1.82) is 0 Å². The lowest BCUT2D eigenvalue weighted by molar-refractivity contribution is -0.131. The van der Waals surface area contributed by atoms with Crippen LogP contribution in [0.1, 0.15) is 24.1 Å². The SMILES string of the molecule is O=C(Cn1cncn1)N1CCc2ncnc(NCC3CCCO3)c2CC1. The molecule has 2 aliphatic heterocycles. The Balaban J connectivity index is 1.40. The average Bonchev–Trinajstić information content (AvgIpc) is 3.30. The van der Waals surface area contributed by atoms with Crippen LogP contribution >= 0.6 is 0 Å². The molecular weight excluding hydrogens is 334 g/mol. The van der Waals surface area contributed by atoms with Crippen molar-refractivity contribution in [1.82, 2.24) is 29.6 Å². The molecule has 0 saturated carbocycles. The fourth-order valence-electron chi connectivity index (χ4n) is 3.50. The van der Waals surface area contributed by atoms with Crippen molar-refractivity contribution in [2.24, 2.45) is 0 Å². The monoisotopic (exact) mass is 357 g/mol. The normalized spacial score (nSPS) is 19.8. The smallest absolute Gasteiger partial charge is 0.244 e. The Morgan fingerprint density at radius 3 is 3.00 bits per heavy atom. The minimum Gasteiger partial charge on any atom is -0.376 e. The number of amides is 1. The molecule has 0 spiro atoms. The molecule has 1 unspecified atom stereocenters. The van der Waals surface area contributed by atoms with Crippen LogP contribution in [-0.2, 0) is 28.9 Å². The molecule has 2 aromatic heterocycles. The van der Waals surface area contributed by atoms with E-state index >= 15 is 0 Å². The van der Waals surface area contributed by atoms with Gasteiger partial charge in [-0.3, -0.25) is 4.79 Å². The highest BCUT2D eigenvalue weighted by Gasteiger charge is 2.23. The molecule has 2 aromatic rings. The first-order chi connectivity index (χ1) is 12.8. The largest absolute Gasteiger partial charge is 0.376 e. The minimum atomic E-state index is 0.0464. The van der Waals surface area contributed by atoms with Gasteiger partial charge in [0.05, 0.1) is 11.8 Å². The molecule has 9 nitrogen and oxygen atoms in total. The van der Waals surface area contributed by atoms with Gasteiger partial charge in [0.15, 0.2) is 0 Å². The Bertz CT molecular complexity index is 744. The van der Waals surface area contributed by atoms with Gasteiger partial charge < -0.3 is 15.0 Å². The average molecular weight is 357 g/mol. The van der Waals surface area contributed by atoms with E-state index in [4.69, 9.17) is 4.74 Å². The summed E-state index contributed by atoms with van der Waals surface area (Å²) in [5, 5.41) is 7.42. The summed E-state index contributed by atoms with van der Waals surface area (Å²) >= 11 is 0. The van der Waals surface area contributed by atoms with Crippen molar-refractivity contribution in [3.63, 3.8) is 0 Å². The van der Waals surface area contributed by atoms with E-state index in [1.165, 1.54) is 6.33 Å². The summed E-state index contributed by atoms with van der Waals surface area (Å²) in [5.74, 6) is 0.918. The lowest BCUT2D eigenvalue weighted by Crippen LogP contribution is -2.36. The lowest BCUT2D eigenvalue weighted by Gasteiger charge is -2.20. The molecule has 26 heavy (non-hydrogen) atoms. The molecule has 2 aliphatic rings. The van der Waals surface area contributed by atoms with Gasteiger partial charge >= 0.3 is 0 Å². The van der Waals surface area contributed by atoms with E-state index in [1.807, 2.05) is 4.90 Å². The zero-order valence-corrected chi connectivity index (χ0v) is 14.7. The molecule has 1 fully saturated rings. The third kappa shape index (κ3) is 3.82. The van der Waals surface area contributed by atoms with E-state index < -0.39 is 0 Å². The summed E-state index contributed by atoms with van der Waals surface area (Å²) in [6.45, 7) is 3.13. The second kappa shape index (κ2) is 7.77. The van der Waals surface area contributed by atoms with E-state index in [-0.39, 0.29) is 18.6 Å². The van der Waals surface area contributed by atoms with Crippen LogP contribution in [0.4, 0.5) is 5.82 Å². The Labute approximate surface area is 151 Å². The van der Waals surface area contributed by atoms with Gasteiger partial charge in [-0.2, -0.15) is 5.10 Å². The zero-order chi connectivity index (χ0) is 17.8. The van der Waals surface area contributed by atoms with Crippen molar-refractivity contribution in [2.45, 2.75) is 38.3 Å². The maximum absolute atomic E-state index is 12.5. The number of hydrogen-bond acceptors (Lipinski definition) is 7. The molecule has 1 N–H and O–H groups in total. The van der Waals surface area contributed by atoms with Crippen LogP contribution in [0.2, 0.25) is 0 Å². The van der Waals surface area contributed by atoms with Gasteiger partial charge in [-0.15, -0.1) is 0 Å². The highest BCUT2D eigenvalue weighted by Crippen LogP contribution is 2.21. The second-order valence-corrected chi connectivity index (χ2v) is 6.64. The van der Waals surface area contributed by atoms with Crippen molar-refractivity contribution >= 4 is 11.7 Å². The van der Waals surface area contributed by atoms with E-state index in [2.05, 4.69) is 25.4 Å². The van der Waals surface area contributed by atoms with Gasteiger partial charge in [-0.1, -0.05) is 0 Å². The Hall–Kier alpha value is -2.55. The summed E-state index contributed by atoms with van der Waals surface area (Å²) in [6, 6.07) is 0. The summed E-state index contributed by atoms with van der Waals surface area (Å²) in [7, 11) is 0. The molecular formula is C17H23N7O2. The number of rotatable bonds is 5. The van der Waals surface area contributed by atoms with E-state index in [9.17, 15) is 4.79 Å². The van der Waals surface area contributed by atoms with Crippen LogP contribution in [0.3, 0.4) is 0 Å². The first kappa shape index (κ1) is 16.9. The number of anilines is 1. The molecule has 0 bridgehead atoms. The fourth-order valence-corrected chi connectivity index (χ4v) is 3.50. The predicted molar refractivity (Wildman–Crippen MR) is 93.5 cm³/mol. The number of ether oxygens (including phenoxy) is 1. The molecule has 0 aromatic carbocycles. The number of nitrogens with zero attached hydrogens (tertiary/aromatic N) is 6. The first-order valence-electron chi connectivity index (χ1n) is 9.08.